The van der Waals surface area contributed by atoms with E-state index < -0.39 is 13.1 Å². The van der Waals surface area contributed by atoms with Crippen molar-refractivity contribution in [1.29, 1.82) is 0 Å². The highest BCUT2D eigenvalue weighted by molar-refractivity contribution is 6.46. The van der Waals surface area contributed by atoms with Gasteiger partial charge in [0.1, 0.15) is 12.1 Å². The van der Waals surface area contributed by atoms with Gasteiger partial charge in [0.2, 0.25) is 0 Å². The zero-order valence-electron chi connectivity index (χ0n) is 21.3. The largest absolute Gasteiger partial charge is 0.493 e. The molecule has 4 atom stereocenters. The molecule has 0 radical (unpaired) electrons. The lowest BCUT2D eigenvalue weighted by Gasteiger charge is -2.47. The summed E-state index contributed by atoms with van der Waals surface area (Å²) < 4.78 is 17.3. The van der Waals surface area contributed by atoms with Crippen molar-refractivity contribution in [2.75, 3.05) is 27.3 Å². The van der Waals surface area contributed by atoms with E-state index in [0.717, 1.165) is 43.9 Å². The van der Waals surface area contributed by atoms with Gasteiger partial charge in [-0.15, -0.1) is 0 Å². The van der Waals surface area contributed by atoms with Crippen LogP contribution in [0.1, 0.15) is 57.7 Å². The highest BCUT2D eigenvalue weighted by atomic mass is 16.5. The van der Waals surface area contributed by atoms with Gasteiger partial charge in [0.15, 0.2) is 11.5 Å². The Morgan fingerprint density at radius 3 is 2.45 bits per heavy atom. The van der Waals surface area contributed by atoms with Crippen molar-refractivity contribution < 1.29 is 24.0 Å². The summed E-state index contributed by atoms with van der Waals surface area (Å²) in [6.07, 6.45) is 2.57. The molecule has 1 aromatic rings. The number of nitrogens with zero attached hydrogens (tertiary/aromatic N) is 1. The molecule has 7 nitrogen and oxygen atoms in total. The van der Waals surface area contributed by atoms with Crippen LogP contribution in [0.5, 0.6) is 11.5 Å². The van der Waals surface area contributed by atoms with E-state index in [4.69, 9.17) is 14.2 Å². The molecule has 3 rings (SSSR count). The van der Waals surface area contributed by atoms with Crippen LogP contribution in [0.2, 0.25) is 6.82 Å². The number of rotatable bonds is 9. The molecule has 2 heterocycles. The summed E-state index contributed by atoms with van der Waals surface area (Å²) in [6.45, 7) is 11.9. The molecule has 0 unspecified atom stereocenters. The Labute approximate surface area is 199 Å². The summed E-state index contributed by atoms with van der Waals surface area (Å²) >= 11 is 0. The molecule has 0 aromatic heterocycles. The van der Waals surface area contributed by atoms with Crippen LogP contribution in [0.15, 0.2) is 12.1 Å². The number of benzene rings is 1. The summed E-state index contributed by atoms with van der Waals surface area (Å²) in [5, 5.41) is 12.8. The number of piperidine rings is 1. The molecule has 0 amide bonds. The van der Waals surface area contributed by atoms with Crippen LogP contribution in [0, 0.1) is 17.8 Å². The van der Waals surface area contributed by atoms with Gasteiger partial charge in [-0.2, -0.15) is 0 Å². The monoisotopic (exact) mass is 460 g/mol. The Bertz CT molecular complexity index is 816. The molecule has 2 aliphatic heterocycles. The fraction of sp³-hybridized carbons (Fsp3) is 0.720. The first-order valence-electron chi connectivity index (χ1n) is 12.3. The summed E-state index contributed by atoms with van der Waals surface area (Å²) in [4.78, 5) is 15.7. The molecule has 0 bridgehead atoms. The van der Waals surface area contributed by atoms with E-state index in [-0.39, 0.29) is 30.0 Å². The van der Waals surface area contributed by atoms with Crippen LogP contribution < -0.4 is 14.7 Å². The van der Waals surface area contributed by atoms with Gasteiger partial charge < -0.3 is 24.5 Å². The maximum absolute atomic E-state index is 13.2. The van der Waals surface area contributed by atoms with Crippen LogP contribution in [0.4, 0.5) is 0 Å². The van der Waals surface area contributed by atoms with Gasteiger partial charge >= 0.3 is 13.0 Å². The first-order valence-corrected chi connectivity index (χ1v) is 12.3. The van der Waals surface area contributed by atoms with E-state index in [1.165, 1.54) is 11.1 Å². The highest BCUT2D eigenvalue weighted by Gasteiger charge is 2.42. The predicted octanol–water partition coefficient (Wildman–Crippen LogP) is 3.31. The van der Waals surface area contributed by atoms with Gasteiger partial charge in [-0.05, 0) is 54.8 Å². The molecule has 1 saturated heterocycles. The van der Waals surface area contributed by atoms with Crippen LogP contribution in [-0.2, 0) is 16.0 Å². The molecular weight excluding hydrogens is 419 g/mol. The molecule has 184 valence electrons. The second-order valence-corrected chi connectivity index (χ2v) is 10.3. The number of hydrogen-bond acceptors (Lipinski definition) is 7. The highest BCUT2D eigenvalue weighted by Crippen LogP contribution is 2.44. The average Bonchev–Trinajstić information content (AvgIpc) is 2.76. The van der Waals surface area contributed by atoms with Gasteiger partial charge in [-0.25, -0.2) is 0 Å². The lowest BCUT2D eigenvalue weighted by atomic mass is 9.79. The first-order chi connectivity index (χ1) is 15.6. The van der Waals surface area contributed by atoms with E-state index in [2.05, 4.69) is 36.1 Å². The maximum Gasteiger partial charge on any atom is 0.374 e. The van der Waals surface area contributed by atoms with E-state index in [9.17, 15) is 9.82 Å². The van der Waals surface area contributed by atoms with Crippen LogP contribution >= 0.6 is 0 Å². The molecule has 8 heteroatoms. The lowest BCUT2D eigenvalue weighted by Crippen LogP contribution is -2.53. The SMILES string of the molecule is COc1cc2c(cc1OC)[C@H]1C[C@@H](OC(=O)[C@@H](NB(C)O)C(C)C)[C@H](CC(C)C)CN1CC2. The quantitative estimate of drug-likeness (QED) is 0.432. The normalized spacial score (nSPS) is 23.6. The topological polar surface area (TPSA) is 80.3 Å². The minimum absolute atomic E-state index is 0.0165. The molecule has 0 spiro atoms. The van der Waals surface area contributed by atoms with Gasteiger partial charge in [-0.1, -0.05) is 27.7 Å². The number of hydrogen-bond donors (Lipinski definition) is 2. The Morgan fingerprint density at radius 2 is 1.88 bits per heavy atom. The number of fused-ring (bicyclic) bond motifs is 3. The van der Waals surface area contributed by atoms with Crippen molar-refractivity contribution in [1.82, 2.24) is 10.1 Å². The zero-order chi connectivity index (χ0) is 24.3. The predicted molar refractivity (Wildman–Crippen MR) is 131 cm³/mol. The zero-order valence-corrected chi connectivity index (χ0v) is 21.3. The number of esters is 1. The fourth-order valence-corrected chi connectivity index (χ4v) is 5.40. The van der Waals surface area contributed by atoms with Gasteiger partial charge in [-0.3, -0.25) is 9.69 Å². The van der Waals surface area contributed by atoms with E-state index in [1.54, 1.807) is 21.0 Å². The minimum atomic E-state index is -0.772. The molecule has 0 aliphatic carbocycles. The Hall–Kier alpha value is -1.77. The number of carbonyl (C=O) groups excluding carboxylic acids is 1. The third kappa shape index (κ3) is 6.03. The number of nitrogens with one attached hydrogen (secondary N) is 1. The Kier molecular flexibility index (Phi) is 8.70. The number of carbonyl (C=O) groups is 1. The maximum atomic E-state index is 13.2. The van der Waals surface area contributed by atoms with Gasteiger partial charge in [0.05, 0.1) is 14.2 Å². The van der Waals surface area contributed by atoms with E-state index in [1.807, 2.05) is 13.8 Å². The van der Waals surface area contributed by atoms with E-state index >= 15 is 0 Å². The molecule has 33 heavy (non-hydrogen) atoms. The van der Waals surface area contributed by atoms with Crippen LogP contribution in [0.3, 0.4) is 0 Å². The summed E-state index contributed by atoms with van der Waals surface area (Å²) in [5.74, 6) is 2.03. The molecule has 2 aliphatic rings. The smallest absolute Gasteiger partial charge is 0.374 e. The molecule has 0 saturated carbocycles. The third-order valence-corrected chi connectivity index (χ3v) is 6.95. The summed E-state index contributed by atoms with van der Waals surface area (Å²) in [5.41, 5.74) is 2.52. The van der Waals surface area contributed by atoms with Crippen molar-refractivity contribution in [3.8, 4) is 11.5 Å². The molecule has 1 aromatic carbocycles. The molecule has 1 fully saturated rings. The second-order valence-electron chi connectivity index (χ2n) is 10.3. The van der Waals surface area contributed by atoms with Crippen molar-refractivity contribution in [2.45, 2.75) is 72.0 Å². The van der Waals surface area contributed by atoms with Gasteiger partial charge in [0.25, 0.3) is 0 Å². The van der Waals surface area contributed by atoms with Crippen molar-refractivity contribution in [3.05, 3.63) is 23.3 Å². The number of methoxy groups -OCH3 is 2. The Morgan fingerprint density at radius 1 is 1.21 bits per heavy atom. The summed E-state index contributed by atoms with van der Waals surface area (Å²) in [7, 11) is 2.56. The van der Waals surface area contributed by atoms with E-state index in [0.29, 0.717) is 5.92 Å². The average molecular weight is 460 g/mol. The van der Waals surface area contributed by atoms with Gasteiger partial charge in [0, 0.05) is 31.5 Å². The standard InChI is InChI=1S/C25H41BN2O5/c1-15(2)10-18-14-28-9-8-17-11-22(31-6)23(32-7)12-19(17)20(28)13-21(18)33-25(29)24(16(3)4)27-26(5)30/h11-12,15-16,18,20-21,24,27,30H,8-10,13-14H2,1-7H3/t18-,20-,21-,24+/m1/s1. The molecular formula is C25H41BN2O5. The van der Waals surface area contributed by atoms with Crippen molar-refractivity contribution in [3.63, 3.8) is 0 Å². The fourth-order valence-electron chi connectivity index (χ4n) is 5.40. The number of ether oxygens (including phenoxy) is 3. The van der Waals surface area contributed by atoms with Crippen LogP contribution in [0.25, 0.3) is 0 Å². The molecule has 2 N–H and O–H groups in total. The third-order valence-electron chi connectivity index (χ3n) is 6.95. The lowest BCUT2D eigenvalue weighted by molar-refractivity contribution is -0.161. The minimum Gasteiger partial charge on any atom is -0.493 e. The Balaban J connectivity index is 1.87. The van der Waals surface area contributed by atoms with Crippen molar-refractivity contribution >= 4 is 13.0 Å². The van der Waals surface area contributed by atoms with Crippen molar-refractivity contribution in [2.24, 2.45) is 17.8 Å². The summed E-state index contributed by atoms with van der Waals surface area (Å²) in [6, 6.07) is 3.83. The first kappa shape index (κ1) is 25.9. The second kappa shape index (κ2) is 11.1. The van der Waals surface area contributed by atoms with Crippen LogP contribution in [-0.4, -0.2) is 62.4 Å².